The second kappa shape index (κ2) is 5.10. The highest BCUT2D eigenvalue weighted by molar-refractivity contribution is 7.93. The Hall–Kier alpha value is -1.86. The van der Waals surface area contributed by atoms with E-state index in [1.807, 2.05) is 12.1 Å². The molecule has 0 radical (unpaired) electrons. The number of fused-ring (bicyclic) bond motifs is 1. The van der Waals surface area contributed by atoms with E-state index in [0.29, 0.717) is 18.7 Å². The highest BCUT2D eigenvalue weighted by Gasteiger charge is 2.31. The van der Waals surface area contributed by atoms with Crippen LogP contribution in [0.5, 0.6) is 0 Å². The first-order valence-electron chi connectivity index (χ1n) is 6.71. The van der Waals surface area contributed by atoms with Crippen LogP contribution in [-0.4, -0.2) is 29.6 Å². The van der Waals surface area contributed by atoms with E-state index in [0.717, 1.165) is 11.8 Å². The number of nitrogens with zero attached hydrogens (tertiary/aromatic N) is 1. The number of rotatable bonds is 3. The molecule has 0 bridgehead atoms. The molecular weight excluding hydrogens is 322 g/mol. The lowest BCUT2D eigenvalue weighted by Crippen LogP contribution is -2.29. The average Bonchev–Trinajstić information content (AvgIpc) is 2.91. The van der Waals surface area contributed by atoms with Crippen LogP contribution in [0.3, 0.4) is 0 Å². The largest absolute Gasteiger partial charge is 0.266 e. The molecule has 0 atom stereocenters. The summed E-state index contributed by atoms with van der Waals surface area (Å²) in [7, 11) is -7.22. The molecule has 0 amide bonds. The molecule has 7 heteroatoms. The van der Waals surface area contributed by atoms with Gasteiger partial charge in [-0.05, 0) is 36.2 Å². The van der Waals surface area contributed by atoms with Crippen molar-refractivity contribution < 1.29 is 16.8 Å². The Balaban J connectivity index is 2.09. The summed E-state index contributed by atoms with van der Waals surface area (Å²) in [5, 5.41) is 0. The summed E-state index contributed by atoms with van der Waals surface area (Å²) in [5.41, 5.74) is 1.64. The second-order valence-corrected chi connectivity index (χ2v) is 9.08. The van der Waals surface area contributed by atoms with Gasteiger partial charge in [-0.2, -0.15) is 0 Å². The molecule has 1 heterocycles. The van der Waals surface area contributed by atoms with Crippen LogP contribution >= 0.6 is 0 Å². The molecule has 0 aliphatic carbocycles. The van der Waals surface area contributed by atoms with E-state index in [9.17, 15) is 16.8 Å². The maximum Gasteiger partial charge on any atom is 0.264 e. The number of sulfonamides is 1. The van der Waals surface area contributed by atoms with Gasteiger partial charge in [0.05, 0.1) is 15.5 Å². The Morgan fingerprint density at radius 3 is 2.32 bits per heavy atom. The molecule has 0 unspecified atom stereocenters. The molecule has 3 rings (SSSR count). The van der Waals surface area contributed by atoms with Crippen molar-refractivity contribution in [2.75, 3.05) is 17.1 Å². The second-order valence-electron chi connectivity index (χ2n) is 5.20. The molecule has 0 saturated heterocycles. The summed E-state index contributed by atoms with van der Waals surface area (Å²) in [4.78, 5) is -0.00631. The highest BCUT2D eigenvalue weighted by Crippen LogP contribution is 2.33. The molecule has 116 valence electrons. The standard InChI is InChI=1S/C15H15NO4S2/c1-21(17,18)13-6-4-7-14(11-13)22(19,20)16-10-9-12-5-2-3-8-15(12)16/h2-8,11H,9-10H2,1H3. The van der Waals surface area contributed by atoms with Crippen molar-refractivity contribution in [3.05, 3.63) is 54.1 Å². The van der Waals surface area contributed by atoms with Crippen LogP contribution in [-0.2, 0) is 26.3 Å². The summed E-state index contributed by atoms with van der Waals surface area (Å²) >= 11 is 0. The number of hydrogen-bond acceptors (Lipinski definition) is 4. The topological polar surface area (TPSA) is 71.5 Å². The number of benzene rings is 2. The van der Waals surface area contributed by atoms with Gasteiger partial charge in [-0.25, -0.2) is 16.8 Å². The summed E-state index contributed by atoms with van der Waals surface area (Å²) in [6.07, 6.45) is 1.71. The lowest BCUT2D eigenvalue weighted by atomic mass is 10.2. The molecule has 2 aromatic carbocycles. The first-order chi connectivity index (χ1) is 10.3. The third-order valence-corrected chi connectivity index (χ3v) is 6.59. The maximum absolute atomic E-state index is 12.8. The van der Waals surface area contributed by atoms with Crippen LogP contribution in [0, 0.1) is 0 Å². The molecule has 5 nitrogen and oxygen atoms in total. The van der Waals surface area contributed by atoms with E-state index in [2.05, 4.69) is 0 Å². The van der Waals surface area contributed by atoms with E-state index in [1.165, 1.54) is 28.6 Å². The van der Waals surface area contributed by atoms with Crippen LogP contribution in [0.15, 0.2) is 58.3 Å². The molecule has 2 aromatic rings. The zero-order valence-electron chi connectivity index (χ0n) is 11.9. The van der Waals surface area contributed by atoms with E-state index >= 15 is 0 Å². The Labute approximate surface area is 130 Å². The molecule has 1 aliphatic rings. The fourth-order valence-corrected chi connectivity index (χ4v) is 4.84. The average molecular weight is 337 g/mol. The molecule has 22 heavy (non-hydrogen) atoms. The van der Waals surface area contributed by atoms with Gasteiger partial charge in [-0.3, -0.25) is 4.31 Å². The SMILES string of the molecule is CS(=O)(=O)c1cccc(S(=O)(=O)N2CCc3ccccc32)c1. The highest BCUT2D eigenvalue weighted by atomic mass is 32.2. The zero-order chi connectivity index (χ0) is 16.0. The monoisotopic (exact) mass is 337 g/mol. The van der Waals surface area contributed by atoms with E-state index in [-0.39, 0.29) is 9.79 Å². The van der Waals surface area contributed by atoms with Crippen molar-refractivity contribution in [2.24, 2.45) is 0 Å². The molecule has 0 spiro atoms. The summed E-state index contributed by atoms with van der Waals surface area (Å²) in [6.45, 7) is 0.366. The molecular formula is C15H15NO4S2. The lowest BCUT2D eigenvalue weighted by Gasteiger charge is -2.19. The predicted octanol–water partition coefficient (Wildman–Crippen LogP) is 1.84. The fraction of sp³-hybridized carbons (Fsp3) is 0.200. The molecule has 1 aliphatic heterocycles. The maximum atomic E-state index is 12.8. The van der Waals surface area contributed by atoms with E-state index < -0.39 is 19.9 Å². The Kier molecular flexibility index (Phi) is 3.49. The third-order valence-electron chi connectivity index (χ3n) is 3.67. The number of sulfone groups is 1. The fourth-order valence-electron chi connectivity index (χ4n) is 2.55. The van der Waals surface area contributed by atoms with Gasteiger partial charge in [-0.1, -0.05) is 24.3 Å². The van der Waals surface area contributed by atoms with Crippen LogP contribution in [0.2, 0.25) is 0 Å². The van der Waals surface area contributed by atoms with E-state index in [4.69, 9.17) is 0 Å². The minimum Gasteiger partial charge on any atom is -0.266 e. The quantitative estimate of drug-likeness (QED) is 0.857. The summed E-state index contributed by atoms with van der Waals surface area (Å²) in [6, 6.07) is 12.8. The van der Waals surface area contributed by atoms with Gasteiger partial charge in [0, 0.05) is 12.8 Å². The van der Waals surface area contributed by atoms with Crippen LogP contribution in [0.25, 0.3) is 0 Å². The first-order valence-corrected chi connectivity index (χ1v) is 10.0. The summed E-state index contributed by atoms with van der Waals surface area (Å²) in [5.74, 6) is 0. The van der Waals surface area contributed by atoms with Crippen LogP contribution < -0.4 is 4.31 Å². The Morgan fingerprint density at radius 1 is 0.909 bits per heavy atom. The van der Waals surface area contributed by atoms with Crippen molar-refractivity contribution in [3.63, 3.8) is 0 Å². The number of hydrogen-bond donors (Lipinski definition) is 0. The normalized spacial score (nSPS) is 14.9. The summed E-state index contributed by atoms with van der Waals surface area (Å²) < 4.78 is 50.2. The lowest BCUT2D eigenvalue weighted by molar-refractivity contribution is 0.592. The molecule has 0 aromatic heterocycles. The van der Waals surface area contributed by atoms with Gasteiger partial charge < -0.3 is 0 Å². The van der Waals surface area contributed by atoms with Gasteiger partial charge in [0.2, 0.25) is 0 Å². The van der Waals surface area contributed by atoms with Crippen molar-refractivity contribution in [1.82, 2.24) is 0 Å². The third kappa shape index (κ3) is 2.50. The van der Waals surface area contributed by atoms with Crippen molar-refractivity contribution >= 4 is 25.5 Å². The predicted molar refractivity (Wildman–Crippen MR) is 84.2 cm³/mol. The molecule has 0 N–H and O–H groups in total. The first kappa shape index (κ1) is 15.1. The van der Waals surface area contributed by atoms with Gasteiger partial charge in [0.25, 0.3) is 10.0 Å². The number of para-hydroxylation sites is 1. The zero-order valence-corrected chi connectivity index (χ0v) is 13.6. The molecule has 0 saturated carbocycles. The van der Waals surface area contributed by atoms with E-state index in [1.54, 1.807) is 12.1 Å². The van der Waals surface area contributed by atoms with Gasteiger partial charge >= 0.3 is 0 Å². The minimum atomic E-state index is -3.77. The van der Waals surface area contributed by atoms with Crippen molar-refractivity contribution in [3.8, 4) is 0 Å². The van der Waals surface area contributed by atoms with Gasteiger partial charge in [-0.15, -0.1) is 0 Å². The minimum absolute atomic E-state index is 0.000979. The van der Waals surface area contributed by atoms with Crippen LogP contribution in [0.1, 0.15) is 5.56 Å². The smallest absolute Gasteiger partial charge is 0.264 e. The van der Waals surface area contributed by atoms with Gasteiger partial charge in [0.1, 0.15) is 0 Å². The van der Waals surface area contributed by atoms with Crippen LogP contribution in [0.4, 0.5) is 5.69 Å². The van der Waals surface area contributed by atoms with Crippen molar-refractivity contribution in [1.29, 1.82) is 0 Å². The molecule has 0 fully saturated rings. The Bertz CT molecular complexity index is 934. The van der Waals surface area contributed by atoms with Crippen molar-refractivity contribution in [2.45, 2.75) is 16.2 Å². The van der Waals surface area contributed by atoms with Gasteiger partial charge in [0.15, 0.2) is 9.84 Å². The Morgan fingerprint density at radius 2 is 1.59 bits per heavy atom. The number of anilines is 1.